The zero-order valence-electron chi connectivity index (χ0n) is 4.60. The maximum absolute atomic E-state index is 11.8. The third-order valence-corrected chi connectivity index (χ3v) is 0.842. The van der Waals surface area contributed by atoms with E-state index in [9.17, 15) is 22.0 Å². The molecule has 0 aliphatic heterocycles. The molecule has 0 amide bonds. The summed E-state index contributed by atoms with van der Waals surface area (Å²) in [6.07, 6.45) is -5.10. The number of hydrogen-bond acceptors (Lipinski definition) is 0. The monoisotopic (exact) mass is 148 g/mol. The molecule has 0 aromatic heterocycles. The van der Waals surface area contributed by atoms with Gasteiger partial charge in [0.1, 0.15) is 6.67 Å². The molecule has 0 aliphatic carbocycles. The normalized spacial score (nSPS) is 19.3. The van der Waals surface area contributed by atoms with Crippen LogP contribution < -0.4 is 0 Å². The van der Waals surface area contributed by atoms with E-state index < -0.39 is 18.5 Å². The minimum atomic E-state index is -5.10. The molecule has 0 N–H and O–H groups in total. The van der Waals surface area contributed by atoms with Crippen molar-refractivity contribution >= 4 is 0 Å². The van der Waals surface area contributed by atoms with Crippen LogP contribution in [0.1, 0.15) is 6.92 Å². The molecule has 56 valence electrons. The van der Waals surface area contributed by atoms with E-state index in [-0.39, 0.29) is 6.92 Å². The van der Waals surface area contributed by atoms with Crippen molar-refractivity contribution in [2.75, 3.05) is 6.67 Å². The van der Waals surface area contributed by atoms with Crippen LogP contribution in [0.4, 0.5) is 22.0 Å². The smallest absolute Gasteiger partial charge is 0.247 e. The van der Waals surface area contributed by atoms with Gasteiger partial charge in [0.25, 0.3) is 0 Å². The van der Waals surface area contributed by atoms with Gasteiger partial charge in [0, 0.05) is 0 Å². The molecular weight excluding hydrogens is 143 g/mol. The molecule has 1 unspecified atom stereocenters. The largest absolute Gasteiger partial charge is 0.424 e. The molecule has 0 rings (SSSR count). The Bertz CT molecular complexity index is 91.6. The predicted molar refractivity (Wildman–Crippen MR) is 21.5 cm³/mol. The zero-order valence-corrected chi connectivity index (χ0v) is 4.60. The Hall–Kier alpha value is -0.350. The van der Waals surface area contributed by atoms with Crippen LogP contribution in [0.2, 0.25) is 0 Å². The van der Waals surface area contributed by atoms with E-state index in [4.69, 9.17) is 0 Å². The van der Waals surface area contributed by atoms with Crippen LogP contribution in [0.5, 0.6) is 0 Å². The van der Waals surface area contributed by atoms with Crippen LogP contribution >= 0.6 is 0 Å². The van der Waals surface area contributed by atoms with Crippen molar-refractivity contribution in [1.29, 1.82) is 0 Å². The molecule has 9 heavy (non-hydrogen) atoms. The molecule has 0 aromatic carbocycles. The third-order valence-electron chi connectivity index (χ3n) is 0.842. The molecule has 1 atom stereocenters. The molecular formula is C4H5F5. The quantitative estimate of drug-likeness (QED) is 0.500. The van der Waals surface area contributed by atoms with Gasteiger partial charge in [-0.3, -0.25) is 0 Å². The summed E-state index contributed by atoms with van der Waals surface area (Å²) < 4.78 is 56.7. The lowest BCUT2D eigenvalue weighted by molar-refractivity contribution is -0.227. The molecule has 0 bridgehead atoms. The van der Waals surface area contributed by atoms with Gasteiger partial charge in [-0.1, -0.05) is 0 Å². The van der Waals surface area contributed by atoms with E-state index in [1.165, 1.54) is 0 Å². The summed E-state index contributed by atoms with van der Waals surface area (Å²) in [5.74, 6) is 0. The Balaban J connectivity index is 4.14. The first kappa shape index (κ1) is 8.65. The maximum Gasteiger partial charge on any atom is 0.424 e. The van der Waals surface area contributed by atoms with Gasteiger partial charge in [-0.2, -0.15) is 13.2 Å². The first-order valence-electron chi connectivity index (χ1n) is 2.13. The van der Waals surface area contributed by atoms with E-state index in [0.29, 0.717) is 0 Å². The summed E-state index contributed by atoms with van der Waals surface area (Å²) >= 11 is 0. The maximum atomic E-state index is 11.8. The Morgan fingerprint density at radius 2 is 1.44 bits per heavy atom. The van der Waals surface area contributed by atoms with Gasteiger partial charge < -0.3 is 0 Å². The topological polar surface area (TPSA) is 0 Å². The van der Waals surface area contributed by atoms with Gasteiger partial charge in [0.05, 0.1) is 0 Å². The van der Waals surface area contributed by atoms with Crippen LogP contribution in [0, 0.1) is 0 Å². The van der Waals surface area contributed by atoms with Crippen molar-refractivity contribution in [3.05, 3.63) is 0 Å². The second-order valence-corrected chi connectivity index (χ2v) is 1.83. The molecule has 0 radical (unpaired) electrons. The van der Waals surface area contributed by atoms with Crippen molar-refractivity contribution in [2.24, 2.45) is 0 Å². The Morgan fingerprint density at radius 1 is 1.11 bits per heavy atom. The lowest BCUT2D eigenvalue weighted by Crippen LogP contribution is -2.39. The first-order chi connectivity index (χ1) is 3.81. The molecule has 0 spiro atoms. The Kier molecular flexibility index (Phi) is 2.03. The first-order valence-corrected chi connectivity index (χ1v) is 2.13. The van der Waals surface area contributed by atoms with Gasteiger partial charge >= 0.3 is 6.18 Å². The van der Waals surface area contributed by atoms with Gasteiger partial charge in [0.15, 0.2) is 0 Å². The van der Waals surface area contributed by atoms with Crippen LogP contribution in [-0.2, 0) is 0 Å². The summed E-state index contributed by atoms with van der Waals surface area (Å²) in [5.41, 5.74) is -3.69. The molecule has 0 saturated carbocycles. The molecule has 5 heteroatoms. The number of alkyl halides is 5. The van der Waals surface area contributed by atoms with Crippen molar-refractivity contribution in [2.45, 2.75) is 18.8 Å². The summed E-state index contributed by atoms with van der Waals surface area (Å²) in [5, 5.41) is 0. The third kappa shape index (κ3) is 1.80. The summed E-state index contributed by atoms with van der Waals surface area (Å²) in [6, 6.07) is 0. The average Bonchev–Trinajstić information content (AvgIpc) is 1.64. The fourth-order valence-corrected chi connectivity index (χ4v) is 0.0758. The number of rotatable bonds is 1. The molecule has 0 aliphatic rings. The van der Waals surface area contributed by atoms with Crippen molar-refractivity contribution in [1.82, 2.24) is 0 Å². The van der Waals surface area contributed by atoms with Crippen LogP contribution in [0.15, 0.2) is 0 Å². The standard InChI is InChI=1S/C4H5F5/c1-3(6,2-5)4(7,8)9/h2H2,1H3. The highest BCUT2D eigenvalue weighted by Crippen LogP contribution is 2.33. The fraction of sp³-hybridized carbons (Fsp3) is 1.00. The number of hydrogen-bond donors (Lipinski definition) is 0. The predicted octanol–water partition coefficient (Wildman–Crippen LogP) is 2.25. The van der Waals surface area contributed by atoms with E-state index >= 15 is 0 Å². The molecule has 0 heterocycles. The minimum Gasteiger partial charge on any atom is -0.247 e. The highest BCUT2D eigenvalue weighted by Gasteiger charge is 2.52. The van der Waals surface area contributed by atoms with Gasteiger partial charge in [-0.15, -0.1) is 0 Å². The van der Waals surface area contributed by atoms with Crippen LogP contribution in [0.3, 0.4) is 0 Å². The van der Waals surface area contributed by atoms with Gasteiger partial charge in [-0.05, 0) is 6.92 Å². The highest BCUT2D eigenvalue weighted by atomic mass is 19.4. The van der Waals surface area contributed by atoms with Gasteiger partial charge in [-0.25, -0.2) is 8.78 Å². The fourth-order valence-electron chi connectivity index (χ4n) is 0.0758. The van der Waals surface area contributed by atoms with E-state index in [2.05, 4.69) is 0 Å². The van der Waals surface area contributed by atoms with E-state index in [1.807, 2.05) is 0 Å². The molecule has 0 nitrogen and oxygen atoms in total. The average molecular weight is 148 g/mol. The molecule has 0 fully saturated rings. The molecule has 0 saturated heterocycles. The lowest BCUT2D eigenvalue weighted by Gasteiger charge is -2.19. The zero-order chi connectivity index (χ0) is 7.71. The van der Waals surface area contributed by atoms with Crippen molar-refractivity contribution in [3.8, 4) is 0 Å². The molecule has 0 aromatic rings. The Morgan fingerprint density at radius 3 is 1.44 bits per heavy atom. The number of halogens is 5. The highest BCUT2D eigenvalue weighted by molar-refractivity contribution is 4.80. The summed E-state index contributed by atoms with van der Waals surface area (Å²) in [7, 11) is 0. The van der Waals surface area contributed by atoms with Crippen molar-refractivity contribution < 1.29 is 22.0 Å². The van der Waals surface area contributed by atoms with E-state index in [0.717, 1.165) is 0 Å². The minimum absolute atomic E-state index is 0.160. The second kappa shape index (κ2) is 2.11. The second-order valence-electron chi connectivity index (χ2n) is 1.83. The summed E-state index contributed by atoms with van der Waals surface area (Å²) in [6.45, 7) is -1.87. The Labute approximate surface area is 48.7 Å². The van der Waals surface area contributed by atoms with Crippen LogP contribution in [0.25, 0.3) is 0 Å². The summed E-state index contributed by atoms with van der Waals surface area (Å²) in [4.78, 5) is 0. The van der Waals surface area contributed by atoms with Crippen LogP contribution in [-0.4, -0.2) is 18.5 Å². The lowest BCUT2D eigenvalue weighted by atomic mass is 10.1. The van der Waals surface area contributed by atoms with E-state index in [1.54, 1.807) is 0 Å². The van der Waals surface area contributed by atoms with Gasteiger partial charge in [0.2, 0.25) is 5.67 Å². The van der Waals surface area contributed by atoms with Crippen molar-refractivity contribution in [3.63, 3.8) is 0 Å². The SMILES string of the molecule is CC(F)(CF)C(F)(F)F.